The summed E-state index contributed by atoms with van der Waals surface area (Å²) in [5, 5.41) is 2.94. The van der Waals surface area contributed by atoms with Gasteiger partial charge in [0.1, 0.15) is 0 Å². The normalized spacial score (nSPS) is 10.3. The number of hydrogen-bond donors (Lipinski definition) is 1. The number of halogens is 3. The van der Waals surface area contributed by atoms with Crippen LogP contribution in [0, 0.1) is 10.5 Å². The molecule has 1 amide bonds. The van der Waals surface area contributed by atoms with Crippen molar-refractivity contribution in [2.45, 2.75) is 6.92 Å². The third kappa shape index (κ3) is 3.58. The summed E-state index contributed by atoms with van der Waals surface area (Å²) in [6.07, 6.45) is 0. The molecule has 0 saturated heterocycles. The van der Waals surface area contributed by atoms with E-state index in [1.54, 1.807) is 0 Å². The molecule has 0 aliphatic rings. The lowest BCUT2D eigenvalue weighted by molar-refractivity contribution is 0.102. The number of amides is 1. The molecular weight excluding hydrogens is 485 g/mol. The molecule has 0 spiro atoms. The first-order valence-corrected chi connectivity index (χ1v) is 8.17. The molecule has 0 heterocycles. The van der Waals surface area contributed by atoms with Gasteiger partial charge in [-0.2, -0.15) is 0 Å². The molecule has 5 heteroatoms. The number of para-hydroxylation sites is 1. The molecule has 2 rings (SSSR count). The maximum atomic E-state index is 12.3. The molecule has 0 aliphatic heterocycles. The minimum atomic E-state index is -0.110. The number of aryl methyl sites for hydroxylation is 1. The number of hydrogen-bond acceptors (Lipinski definition) is 1. The Morgan fingerprint density at radius 2 is 1.89 bits per heavy atom. The van der Waals surface area contributed by atoms with Crippen LogP contribution in [0.4, 0.5) is 5.69 Å². The lowest BCUT2D eigenvalue weighted by Crippen LogP contribution is -2.14. The molecule has 2 aromatic carbocycles. The lowest BCUT2D eigenvalue weighted by Gasteiger charge is -2.10. The zero-order valence-electron chi connectivity index (χ0n) is 10.0. The van der Waals surface area contributed by atoms with Crippen molar-refractivity contribution < 1.29 is 4.79 Å². The predicted molar refractivity (Wildman–Crippen MR) is 93.7 cm³/mol. The largest absolute Gasteiger partial charge is 0.322 e. The van der Waals surface area contributed by atoms with Gasteiger partial charge < -0.3 is 5.32 Å². The minimum absolute atomic E-state index is 0.110. The molecule has 98 valence electrons. The monoisotopic (exact) mass is 493 g/mol. The summed E-state index contributed by atoms with van der Waals surface area (Å²) in [6, 6.07) is 11.5. The molecule has 1 N–H and O–H groups in total. The van der Waals surface area contributed by atoms with Crippen molar-refractivity contribution in [2.75, 3.05) is 5.32 Å². The SMILES string of the molecule is Cc1ccccc1NC(=O)c1cc(Br)cc(Br)c1I. The first kappa shape index (κ1) is 15.0. The molecule has 0 atom stereocenters. The zero-order valence-corrected chi connectivity index (χ0v) is 15.3. The van der Waals surface area contributed by atoms with Gasteiger partial charge in [0.15, 0.2) is 0 Å². The highest BCUT2D eigenvalue weighted by molar-refractivity contribution is 14.1. The van der Waals surface area contributed by atoms with E-state index in [0.717, 1.165) is 23.8 Å². The van der Waals surface area contributed by atoms with Crippen molar-refractivity contribution in [1.29, 1.82) is 0 Å². The van der Waals surface area contributed by atoms with Gasteiger partial charge in [0.2, 0.25) is 0 Å². The van der Waals surface area contributed by atoms with Crippen molar-refractivity contribution in [3.05, 3.63) is 60.0 Å². The Morgan fingerprint density at radius 1 is 1.21 bits per heavy atom. The van der Waals surface area contributed by atoms with Crippen LogP contribution >= 0.6 is 54.5 Å². The number of rotatable bonds is 2. The average Bonchev–Trinajstić information content (AvgIpc) is 2.36. The first-order chi connectivity index (χ1) is 8.99. The molecule has 0 radical (unpaired) electrons. The first-order valence-electron chi connectivity index (χ1n) is 5.50. The standard InChI is InChI=1S/C14H10Br2INO/c1-8-4-2-3-5-12(8)18-14(19)10-6-9(15)7-11(16)13(10)17/h2-7H,1H3,(H,18,19). The van der Waals surface area contributed by atoms with E-state index in [1.807, 2.05) is 43.3 Å². The Balaban J connectivity index is 2.33. The van der Waals surface area contributed by atoms with Crippen LogP contribution in [0.2, 0.25) is 0 Å². The molecular formula is C14H10Br2INO. The Labute approximate surface area is 142 Å². The maximum absolute atomic E-state index is 12.3. The molecule has 0 unspecified atom stereocenters. The summed E-state index contributed by atoms with van der Waals surface area (Å²) < 4.78 is 2.67. The minimum Gasteiger partial charge on any atom is -0.322 e. The van der Waals surface area contributed by atoms with Gasteiger partial charge in [0.05, 0.1) is 5.56 Å². The van der Waals surface area contributed by atoms with E-state index in [-0.39, 0.29) is 5.91 Å². The van der Waals surface area contributed by atoms with E-state index in [2.05, 4.69) is 59.8 Å². The van der Waals surface area contributed by atoms with Crippen LogP contribution in [0.5, 0.6) is 0 Å². The van der Waals surface area contributed by atoms with Crippen molar-refractivity contribution in [2.24, 2.45) is 0 Å². The summed E-state index contributed by atoms with van der Waals surface area (Å²) in [5.74, 6) is -0.110. The van der Waals surface area contributed by atoms with E-state index in [0.29, 0.717) is 5.56 Å². The Bertz CT molecular complexity index is 643. The Kier molecular flexibility index (Phi) is 5.03. The molecule has 0 bridgehead atoms. The van der Waals surface area contributed by atoms with Crippen LogP contribution in [0.3, 0.4) is 0 Å². The summed E-state index contributed by atoms with van der Waals surface area (Å²) >= 11 is 9.01. The molecule has 19 heavy (non-hydrogen) atoms. The highest BCUT2D eigenvalue weighted by atomic mass is 127. The molecule has 0 aromatic heterocycles. The van der Waals surface area contributed by atoms with Gasteiger partial charge in [-0.05, 0) is 69.2 Å². The molecule has 2 nitrogen and oxygen atoms in total. The summed E-state index contributed by atoms with van der Waals surface area (Å²) in [5.41, 5.74) is 2.52. The maximum Gasteiger partial charge on any atom is 0.256 e. The van der Waals surface area contributed by atoms with Crippen molar-refractivity contribution in [3.63, 3.8) is 0 Å². The van der Waals surface area contributed by atoms with Crippen molar-refractivity contribution >= 4 is 66.0 Å². The molecule has 0 saturated carbocycles. The molecule has 0 aliphatic carbocycles. The second-order valence-electron chi connectivity index (χ2n) is 4.02. The van der Waals surface area contributed by atoms with Gasteiger partial charge in [-0.25, -0.2) is 0 Å². The third-order valence-electron chi connectivity index (χ3n) is 2.63. The Hall–Kier alpha value is -0.400. The average molecular weight is 495 g/mol. The fraction of sp³-hybridized carbons (Fsp3) is 0.0714. The van der Waals surface area contributed by atoms with Gasteiger partial charge in [-0.15, -0.1) is 0 Å². The van der Waals surface area contributed by atoms with Crippen LogP contribution in [-0.2, 0) is 0 Å². The van der Waals surface area contributed by atoms with Crippen LogP contribution in [0.25, 0.3) is 0 Å². The quantitative estimate of drug-likeness (QED) is 0.441. The number of carbonyl (C=O) groups is 1. The smallest absolute Gasteiger partial charge is 0.256 e. The van der Waals surface area contributed by atoms with E-state index >= 15 is 0 Å². The van der Waals surface area contributed by atoms with Crippen molar-refractivity contribution in [1.82, 2.24) is 0 Å². The van der Waals surface area contributed by atoms with Crippen molar-refractivity contribution in [3.8, 4) is 0 Å². The fourth-order valence-electron chi connectivity index (χ4n) is 1.62. The van der Waals surface area contributed by atoms with Gasteiger partial charge in [0, 0.05) is 18.2 Å². The lowest BCUT2D eigenvalue weighted by atomic mass is 10.1. The number of carbonyl (C=O) groups excluding carboxylic acids is 1. The van der Waals surface area contributed by atoms with E-state index in [4.69, 9.17) is 0 Å². The highest BCUT2D eigenvalue weighted by Crippen LogP contribution is 2.28. The van der Waals surface area contributed by atoms with Crippen LogP contribution < -0.4 is 5.32 Å². The predicted octanol–water partition coefficient (Wildman–Crippen LogP) is 5.38. The number of benzene rings is 2. The van der Waals surface area contributed by atoms with Gasteiger partial charge >= 0.3 is 0 Å². The Morgan fingerprint density at radius 3 is 2.58 bits per heavy atom. The molecule has 2 aromatic rings. The van der Waals surface area contributed by atoms with Crippen LogP contribution in [0.1, 0.15) is 15.9 Å². The van der Waals surface area contributed by atoms with Gasteiger partial charge in [-0.3, -0.25) is 4.79 Å². The summed E-state index contributed by atoms with van der Waals surface area (Å²) in [6.45, 7) is 1.97. The second-order valence-corrected chi connectivity index (χ2v) is 6.87. The molecule has 0 fully saturated rings. The second kappa shape index (κ2) is 6.37. The highest BCUT2D eigenvalue weighted by Gasteiger charge is 2.14. The zero-order chi connectivity index (χ0) is 14.0. The van der Waals surface area contributed by atoms with E-state index in [9.17, 15) is 4.79 Å². The summed E-state index contributed by atoms with van der Waals surface area (Å²) in [7, 11) is 0. The van der Waals surface area contributed by atoms with E-state index < -0.39 is 0 Å². The van der Waals surface area contributed by atoms with Gasteiger partial charge in [-0.1, -0.05) is 34.1 Å². The van der Waals surface area contributed by atoms with Gasteiger partial charge in [0.25, 0.3) is 5.91 Å². The summed E-state index contributed by atoms with van der Waals surface area (Å²) in [4.78, 5) is 12.3. The van der Waals surface area contributed by atoms with Crippen LogP contribution in [0.15, 0.2) is 45.3 Å². The topological polar surface area (TPSA) is 29.1 Å². The van der Waals surface area contributed by atoms with E-state index in [1.165, 1.54) is 0 Å². The van der Waals surface area contributed by atoms with Crippen LogP contribution in [-0.4, -0.2) is 5.91 Å². The third-order valence-corrected chi connectivity index (χ3v) is 5.62. The number of nitrogens with one attached hydrogen (secondary N) is 1. The fourth-order valence-corrected chi connectivity index (χ4v) is 3.41. The number of anilines is 1.